The van der Waals surface area contributed by atoms with Gasteiger partial charge in [0, 0.05) is 30.7 Å². The number of aliphatic carboxylic acids is 1. The SMILES string of the molecule is Cc1cn(C)c(=O)c(NC(=O)N[C@@H](CC(=O)[O-])c2cccc(-c3cccc(Cl)c3)c2)c1[O-].[Na+].[Na+]. The van der Waals surface area contributed by atoms with E-state index < -0.39 is 41.5 Å². The first kappa shape index (κ1) is 30.3. The van der Waals surface area contributed by atoms with E-state index in [0.717, 1.165) is 11.1 Å². The van der Waals surface area contributed by atoms with Gasteiger partial charge in [0.2, 0.25) is 0 Å². The number of carboxylic acid groups (broad SMARTS) is 1. The molecule has 1 atom stereocenters. The minimum Gasteiger partial charge on any atom is -0.871 e. The van der Waals surface area contributed by atoms with Gasteiger partial charge >= 0.3 is 65.1 Å². The number of aromatic nitrogens is 1. The number of anilines is 1. The first-order valence-corrected chi connectivity index (χ1v) is 10.0. The molecule has 0 saturated heterocycles. The molecular formula is C23H20ClN3Na2O5. The van der Waals surface area contributed by atoms with E-state index in [1.165, 1.54) is 24.7 Å². The minimum absolute atomic E-state index is 0. The molecule has 11 heteroatoms. The second-order valence-electron chi connectivity index (χ2n) is 7.30. The molecule has 0 aliphatic rings. The van der Waals surface area contributed by atoms with Gasteiger partial charge in [0.25, 0.3) is 5.56 Å². The summed E-state index contributed by atoms with van der Waals surface area (Å²) in [5.74, 6) is -1.98. The van der Waals surface area contributed by atoms with Crippen LogP contribution in [0.25, 0.3) is 11.1 Å². The molecule has 34 heavy (non-hydrogen) atoms. The number of carbonyl (C=O) groups excluding carboxylic acids is 2. The van der Waals surface area contributed by atoms with Crippen LogP contribution in [0.2, 0.25) is 5.02 Å². The average Bonchev–Trinajstić information content (AvgIpc) is 2.75. The molecule has 166 valence electrons. The fourth-order valence-electron chi connectivity index (χ4n) is 3.32. The van der Waals surface area contributed by atoms with Crippen molar-refractivity contribution in [1.82, 2.24) is 9.88 Å². The summed E-state index contributed by atoms with van der Waals surface area (Å²) in [5.41, 5.74) is 1.28. The Balaban J connectivity index is 0.00000289. The van der Waals surface area contributed by atoms with Crippen molar-refractivity contribution in [2.45, 2.75) is 19.4 Å². The average molecular weight is 500 g/mol. The largest absolute Gasteiger partial charge is 1.00 e. The third-order valence-electron chi connectivity index (χ3n) is 4.87. The summed E-state index contributed by atoms with van der Waals surface area (Å²) in [6, 6.07) is 12.2. The topological polar surface area (TPSA) is 126 Å². The summed E-state index contributed by atoms with van der Waals surface area (Å²) < 4.78 is 1.18. The number of halogens is 1. The Hall–Kier alpha value is -1.78. The molecule has 1 aromatic heterocycles. The van der Waals surface area contributed by atoms with E-state index >= 15 is 0 Å². The first-order chi connectivity index (χ1) is 15.2. The normalized spacial score (nSPS) is 10.9. The zero-order valence-electron chi connectivity index (χ0n) is 19.3. The van der Waals surface area contributed by atoms with Gasteiger partial charge in [-0.1, -0.05) is 47.7 Å². The van der Waals surface area contributed by atoms with Crippen LogP contribution in [0.1, 0.15) is 23.6 Å². The number of hydrogen-bond acceptors (Lipinski definition) is 5. The Morgan fingerprint density at radius 2 is 1.71 bits per heavy atom. The predicted molar refractivity (Wildman–Crippen MR) is 117 cm³/mol. The zero-order valence-corrected chi connectivity index (χ0v) is 24.1. The molecule has 2 N–H and O–H groups in total. The van der Waals surface area contributed by atoms with Crippen LogP contribution in [0.3, 0.4) is 0 Å². The number of hydrogen-bond donors (Lipinski definition) is 2. The van der Waals surface area contributed by atoms with Gasteiger partial charge in [0.1, 0.15) is 5.69 Å². The maximum absolute atomic E-state index is 12.6. The number of urea groups is 1. The summed E-state index contributed by atoms with van der Waals surface area (Å²) in [7, 11) is 1.46. The zero-order chi connectivity index (χ0) is 23.4. The molecule has 2 aromatic carbocycles. The van der Waals surface area contributed by atoms with E-state index in [-0.39, 0.29) is 64.7 Å². The number of nitrogens with one attached hydrogen (secondary N) is 2. The maximum atomic E-state index is 12.6. The van der Waals surface area contributed by atoms with Crippen LogP contribution in [-0.2, 0) is 11.8 Å². The molecule has 8 nitrogen and oxygen atoms in total. The molecule has 0 fully saturated rings. The van der Waals surface area contributed by atoms with Crippen LogP contribution in [0, 0.1) is 6.92 Å². The molecule has 0 saturated carbocycles. The van der Waals surface area contributed by atoms with Crippen LogP contribution in [0.15, 0.2) is 59.5 Å². The molecular weight excluding hydrogens is 480 g/mol. The van der Waals surface area contributed by atoms with Gasteiger partial charge in [-0.3, -0.25) is 4.79 Å². The van der Waals surface area contributed by atoms with Crippen LogP contribution in [-0.4, -0.2) is 16.6 Å². The van der Waals surface area contributed by atoms with E-state index in [1.807, 2.05) is 12.1 Å². The molecule has 0 spiro atoms. The molecule has 0 aliphatic heterocycles. The van der Waals surface area contributed by atoms with Crippen molar-refractivity contribution in [2.24, 2.45) is 7.05 Å². The summed E-state index contributed by atoms with van der Waals surface area (Å²) >= 11 is 6.06. The quantitative estimate of drug-likeness (QED) is 0.335. The summed E-state index contributed by atoms with van der Waals surface area (Å²) in [5, 5.41) is 28.9. The molecule has 0 bridgehead atoms. The monoisotopic (exact) mass is 499 g/mol. The Kier molecular flexibility index (Phi) is 11.9. The number of rotatable bonds is 6. The van der Waals surface area contributed by atoms with Crippen molar-refractivity contribution in [3.05, 3.63) is 81.2 Å². The van der Waals surface area contributed by atoms with E-state index in [0.29, 0.717) is 10.6 Å². The Bertz CT molecular complexity index is 1250. The standard InChI is InChI=1S/C23H22ClN3O5.2Na/c1-13-12-27(2)22(31)20(21(13)30)26-23(32)25-18(11-19(28)29)16-7-3-5-14(9-16)15-6-4-8-17(24)10-15;;/h3-10,12,18,30H,11H2,1-2H3,(H,28,29)(H2,25,26,32);;/q;2*+1/p-2/t18-;;/m0../s1. The second kappa shape index (κ2) is 13.3. The van der Waals surface area contributed by atoms with E-state index in [1.54, 1.807) is 36.4 Å². The molecule has 3 aromatic rings. The Morgan fingerprint density at radius 1 is 1.09 bits per heavy atom. The molecule has 3 rings (SSSR count). The van der Waals surface area contributed by atoms with E-state index in [4.69, 9.17) is 11.6 Å². The molecule has 2 amide bonds. The number of amides is 2. The number of carbonyl (C=O) groups is 2. The van der Waals surface area contributed by atoms with Crippen LogP contribution >= 0.6 is 11.6 Å². The van der Waals surface area contributed by atoms with Crippen molar-refractivity contribution in [2.75, 3.05) is 5.32 Å². The van der Waals surface area contributed by atoms with Crippen LogP contribution < -0.4 is 85.5 Å². The fourth-order valence-corrected chi connectivity index (χ4v) is 3.51. The van der Waals surface area contributed by atoms with Gasteiger partial charge in [0.05, 0.1) is 6.04 Å². The third kappa shape index (κ3) is 7.61. The van der Waals surface area contributed by atoms with Gasteiger partial charge < -0.3 is 30.2 Å². The van der Waals surface area contributed by atoms with Gasteiger partial charge in [-0.15, -0.1) is 0 Å². The minimum atomic E-state index is -1.38. The molecule has 0 unspecified atom stereocenters. The van der Waals surface area contributed by atoms with Crippen molar-refractivity contribution < 1.29 is 78.9 Å². The predicted octanol–water partition coefficient (Wildman–Crippen LogP) is -3.90. The maximum Gasteiger partial charge on any atom is 1.00 e. The fraction of sp³-hybridized carbons (Fsp3) is 0.174. The number of nitrogens with zero attached hydrogens (tertiary/aromatic N) is 1. The summed E-state index contributed by atoms with van der Waals surface area (Å²) in [4.78, 5) is 36.1. The van der Waals surface area contributed by atoms with Gasteiger partial charge in [0.15, 0.2) is 0 Å². The molecule has 0 aliphatic carbocycles. The summed E-state index contributed by atoms with van der Waals surface area (Å²) in [6.07, 6.45) is 0.858. The van der Waals surface area contributed by atoms with E-state index in [9.17, 15) is 24.6 Å². The van der Waals surface area contributed by atoms with Gasteiger partial charge in [-0.05, 0) is 47.4 Å². The van der Waals surface area contributed by atoms with Crippen molar-refractivity contribution in [1.29, 1.82) is 0 Å². The van der Waals surface area contributed by atoms with E-state index in [2.05, 4.69) is 10.6 Å². The van der Waals surface area contributed by atoms with Gasteiger partial charge in [-0.2, -0.15) is 0 Å². The second-order valence-corrected chi connectivity index (χ2v) is 7.73. The van der Waals surface area contributed by atoms with Crippen LogP contribution in [0.4, 0.5) is 10.5 Å². The number of pyridine rings is 1. The Labute approximate surface area is 245 Å². The number of carboxylic acids is 1. The van der Waals surface area contributed by atoms with Crippen molar-refractivity contribution in [3.8, 4) is 16.9 Å². The first-order valence-electron chi connectivity index (χ1n) is 9.66. The summed E-state index contributed by atoms with van der Waals surface area (Å²) in [6.45, 7) is 1.52. The Morgan fingerprint density at radius 3 is 2.32 bits per heavy atom. The van der Waals surface area contributed by atoms with Crippen LogP contribution in [0.5, 0.6) is 5.75 Å². The molecule has 0 radical (unpaired) electrons. The smallest absolute Gasteiger partial charge is 0.871 e. The molecule has 1 heterocycles. The van der Waals surface area contributed by atoms with Gasteiger partial charge in [-0.25, -0.2) is 4.79 Å². The third-order valence-corrected chi connectivity index (χ3v) is 5.10. The van der Waals surface area contributed by atoms with Crippen molar-refractivity contribution >= 4 is 29.3 Å². The number of benzene rings is 2. The number of aryl methyl sites for hydroxylation is 2. The van der Waals surface area contributed by atoms with Crippen molar-refractivity contribution in [3.63, 3.8) is 0 Å².